The Bertz CT molecular complexity index is 546. The van der Waals surface area contributed by atoms with Gasteiger partial charge in [-0.3, -0.25) is 14.9 Å². The van der Waals surface area contributed by atoms with Gasteiger partial charge in [0.25, 0.3) is 0 Å². The molecule has 0 aliphatic carbocycles. The van der Waals surface area contributed by atoms with Crippen LogP contribution in [0.4, 0.5) is 11.4 Å². The number of ether oxygens (including phenoxy) is 1. The van der Waals surface area contributed by atoms with Crippen LogP contribution in [0.2, 0.25) is 0 Å². The molecule has 0 saturated carbocycles. The number of nitro benzene ring substituents is 1. The van der Waals surface area contributed by atoms with Gasteiger partial charge in [-0.1, -0.05) is 13.8 Å². The van der Waals surface area contributed by atoms with Crippen LogP contribution in [0.3, 0.4) is 0 Å². The van der Waals surface area contributed by atoms with Gasteiger partial charge in [-0.05, 0) is 24.4 Å². The minimum absolute atomic E-state index is 0.0863. The van der Waals surface area contributed by atoms with Gasteiger partial charge in [0, 0.05) is 17.7 Å². The highest BCUT2D eigenvalue weighted by Crippen LogP contribution is 2.29. The van der Waals surface area contributed by atoms with Crippen LogP contribution in [-0.2, 0) is 4.79 Å². The minimum Gasteiger partial charge on any atom is -0.490 e. The van der Waals surface area contributed by atoms with E-state index >= 15 is 0 Å². The quantitative estimate of drug-likeness (QED) is 0.502. The van der Waals surface area contributed by atoms with E-state index in [4.69, 9.17) is 17.0 Å². The smallest absolute Gasteiger partial charge is 0.312 e. The lowest BCUT2D eigenvalue weighted by molar-refractivity contribution is -0.385. The van der Waals surface area contributed by atoms with Crippen molar-refractivity contribution in [2.75, 3.05) is 12.4 Å². The summed E-state index contributed by atoms with van der Waals surface area (Å²) in [6.07, 6.45) is 0. The largest absolute Gasteiger partial charge is 0.490 e. The maximum Gasteiger partial charge on any atom is 0.312 e. The number of nitro groups is 1. The average Bonchev–Trinajstić information content (AvgIpc) is 2.38. The fourth-order valence-corrected chi connectivity index (χ4v) is 1.55. The third kappa shape index (κ3) is 4.16. The highest BCUT2D eigenvalue weighted by molar-refractivity contribution is 7.80. The third-order valence-electron chi connectivity index (χ3n) is 2.39. The number of hydrogen-bond donors (Lipinski definition) is 2. The van der Waals surface area contributed by atoms with Crippen molar-refractivity contribution in [3.63, 3.8) is 0 Å². The van der Waals surface area contributed by atoms with Crippen LogP contribution in [-0.4, -0.2) is 23.1 Å². The van der Waals surface area contributed by atoms with Crippen LogP contribution in [0.5, 0.6) is 5.75 Å². The Morgan fingerprint density at radius 3 is 2.60 bits per heavy atom. The van der Waals surface area contributed by atoms with Crippen molar-refractivity contribution < 1.29 is 14.5 Å². The molecule has 1 aromatic rings. The van der Waals surface area contributed by atoms with Crippen molar-refractivity contribution >= 4 is 34.6 Å². The average molecular weight is 297 g/mol. The topological polar surface area (TPSA) is 93.5 Å². The molecule has 1 aromatic carbocycles. The second-order valence-electron chi connectivity index (χ2n) is 4.24. The first-order valence-electron chi connectivity index (χ1n) is 5.79. The van der Waals surface area contributed by atoms with Gasteiger partial charge in [0.15, 0.2) is 10.9 Å². The Kier molecular flexibility index (Phi) is 5.39. The first-order valence-corrected chi connectivity index (χ1v) is 6.20. The molecular formula is C12H15N3O4S. The molecule has 0 aliphatic heterocycles. The number of benzene rings is 1. The molecule has 2 N–H and O–H groups in total. The predicted octanol–water partition coefficient (Wildman–Crippen LogP) is 2.07. The summed E-state index contributed by atoms with van der Waals surface area (Å²) in [5, 5.41) is 16.2. The van der Waals surface area contributed by atoms with Gasteiger partial charge in [-0.2, -0.15) is 0 Å². The van der Waals surface area contributed by atoms with Crippen molar-refractivity contribution in [2.24, 2.45) is 5.92 Å². The fraction of sp³-hybridized carbons (Fsp3) is 0.333. The highest BCUT2D eigenvalue weighted by Gasteiger charge is 2.16. The number of amides is 1. The van der Waals surface area contributed by atoms with Crippen LogP contribution in [0, 0.1) is 16.0 Å². The Labute approximate surface area is 121 Å². The van der Waals surface area contributed by atoms with Crippen LogP contribution >= 0.6 is 12.2 Å². The molecule has 0 radical (unpaired) electrons. The number of anilines is 1. The van der Waals surface area contributed by atoms with Crippen molar-refractivity contribution in [3.05, 3.63) is 28.3 Å². The van der Waals surface area contributed by atoms with Gasteiger partial charge in [-0.25, -0.2) is 0 Å². The predicted molar refractivity (Wildman–Crippen MR) is 78.8 cm³/mol. The molecule has 108 valence electrons. The second-order valence-corrected chi connectivity index (χ2v) is 4.65. The molecule has 0 spiro atoms. The number of hydrogen-bond acceptors (Lipinski definition) is 5. The third-order valence-corrected chi connectivity index (χ3v) is 2.60. The maximum absolute atomic E-state index is 11.5. The standard InChI is InChI=1S/C12H15N3O4S/c1-7(2)11(16)14-12(20)13-8-4-5-10(19-3)9(6-8)15(17)18/h4-7H,1-3H3,(H2,13,14,16,20). The summed E-state index contributed by atoms with van der Waals surface area (Å²) >= 11 is 4.96. The molecule has 0 heterocycles. The van der Waals surface area contributed by atoms with Gasteiger partial charge < -0.3 is 15.4 Å². The lowest BCUT2D eigenvalue weighted by atomic mass is 10.2. The van der Waals surface area contributed by atoms with Gasteiger partial charge in [0.05, 0.1) is 12.0 Å². The molecule has 1 rings (SSSR count). The van der Waals surface area contributed by atoms with E-state index in [1.807, 2.05) is 0 Å². The summed E-state index contributed by atoms with van der Waals surface area (Å²) in [5.74, 6) is -0.289. The molecule has 0 aromatic heterocycles. The zero-order chi connectivity index (χ0) is 15.3. The monoisotopic (exact) mass is 297 g/mol. The number of thiocarbonyl (C=S) groups is 1. The molecule has 7 nitrogen and oxygen atoms in total. The molecule has 0 bridgehead atoms. The van der Waals surface area contributed by atoms with Crippen molar-refractivity contribution in [1.29, 1.82) is 0 Å². The second kappa shape index (κ2) is 6.80. The number of nitrogens with one attached hydrogen (secondary N) is 2. The van der Waals surface area contributed by atoms with Crippen molar-refractivity contribution in [2.45, 2.75) is 13.8 Å². The van der Waals surface area contributed by atoms with E-state index in [1.165, 1.54) is 19.2 Å². The minimum atomic E-state index is -0.556. The Balaban J connectivity index is 2.83. The number of methoxy groups -OCH3 is 1. The highest BCUT2D eigenvalue weighted by atomic mass is 32.1. The zero-order valence-electron chi connectivity index (χ0n) is 11.3. The molecule has 0 atom stereocenters. The first-order chi connectivity index (χ1) is 9.35. The molecular weight excluding hydrogens is 282 g/mol. The van der Waals surface area contributed by atoms with Gasteiger partial charge in [0.1, 0.15) is 0 Å². The summed E-state index contributed by atoms with van der Waals surface area (Å²) < 4.78 is 4.89. The van der Waals surface area contributed by atoms with Crippen LogP contribution < -0.4 is 15.4 Å². The van der Waals surface area contributed by atoms with Gasteiger partial charge in [0.2, 0.25) is 5.91 Å². The van der Waals surface area contributed by atoms with Crippen molar-refractivity contribution in [3.8, 4) is 5.75 Å². The molecule has 0 fully saturated rings. The molecule has 20 heavy (non-hydrogen) atoms. The summed E-state index contributed by atoms with van der Waals surface area (Å²) in [4.78, 5) is 21.8. The normalized spacial score (nSPS) is 10.0. The summed E-state index contributed by atoms with van der Waals surface area (Å²) in [7, 11) is 1.35. The Morgan fingerprint density at radius 2 is 2.10 bits per heavy atom. The SMILES string of the molecule is COc1ccc(NC(=S)NC(=O)C(C)C)cc1[N+](=O)[O-]. The van der Waals surface area contributed by atoms with Crippen molar-refractivity contribution in [1.82, 2.24) is 5.32 Å². The van der Waals surface area contributed by atoms with E-state index < -0.39 is 4.92 Å². The zero-order valence-corrected chi connectivity index (χ0v) is 12.1. The maximum atomic E-state index is 11.5. The van der Waals surface area contributed by atoms with E-state index in [0.29, 0.717) is 5.69 Å². The van der Waals surface area contributed by atoms with Gasteiger partial charge >= 0.3 is 5.69 Å². The van der Waals surface area contributed by atoms with E-state index in [9.17, 15) is 14.9 Å². The first kappa shape index (κ1) is 15.8. The Morgan fingerprint density at radius 1 is 1.45 bits per heavy atom. The summed E-state index contributed by atoms with van der Waals surface area (Å²) in [5.41, 5.74) is 0.210. The Hall–Kier alpha value is -2.22. The van der Waals surface area contributed by atoms with E-state index in [-0.39, 0.29) is 28.4 Å². The van der Waals surface area contributed by atoms with E-state index in [1.54, 1.807) is 19.9 Å². The lowest BCUT2D eigenvalue weighted by Crippen LogP contribution is -2.36. The lowest BCUT2D eigenvalue weighted by Gasteiger charge is -2.11. The molecule has 0 unspecified atom stereocenters. The van der Waals surface area contributed by atoms with Crippen LogP contribution in [0.1, 0.15) is 13.8 Å². The van der Waals surface area contributed by atoms with Crippen LogP contribution in [0.25, 0.3) is 0 Å². The summed E-state index contributed by atoms with van der Waals surface area (Å²) in [6.45, 7) is 3.46. The number of carbonyl (C=O) groups excluding carboxylic acids is 1. The fourth-order valence-electron chi connectivity index (χ4n) is 1.33. The van der Waals surface area contributed by atoms with E-state index in [2.05, 4.69) is 10.6 Å². The molecule has 1 amide bonds. The molecule has 0 saturated heterocycles. The number of rotatable bonds is 4. The number of nitrogens with zero attached hydrogens (tertiary/aromatic N) is 1. The van der Waals surface area contributed by atoms with Gasteiger partial charge in [-0.15, -0.1) is 0 Å². The number of carbonyl (C=O) groups is 1. The summed E-state index contributed by atoms with van der Waals surface area (Å²) in [6, 6.07) is 4.31. The molecule has 8 heteroatoms. The molecule has 0 aliphatic rings. The van der Waals surface area contributed by atoms with E-state index in [0.717, 1.165) is 0 Å². The van der Waals surface area contributed by atoms with Crippen LogP contribution in [0.15, 0.2) is 18.2 Å².